The van der Waals surface area contributed by atoms with Crippen LogP contribution in [-0.2, 0) is 0 Å². The topological polar surface area (TPSA) is 96.7 Å². The fraction of sp³-hybridized carbons (Fsp3) is 0.192. The maximum atomic E-state index is 6.21. The number of nitrogens with zero attached hydrogens (tertiary/aromatic N) is 5. The predicted molar refractivity (Wildman–Crippen MR) is 148 cm³/mol. The van der Waals surface area contributed by atoms with E-state index in [9.17, 15) is 0 Å². The summed E-state index contributed by atoms with van der Waals surface area (Å²) in [6, 6.07) is 17.6. The number of hydrogen-bond acceptors (Lipinski definition) is 6. The van der Waals surface area contributed by atoms with E-state index in [1.807, 2.05) is 66.7 Å². The van der Waals surface area contributed by atoms with E-state index in [0.717, 1.165) is 43.2 Å². The van der Waals surface area contributed by atoms with E-state index in [2.05, 4.69) is 19.8 Å². The molecular weight excluding hydrogens is 481 g/mol. The van der Waals surface area contributed by atoms with E-state index < -0.39 is 0 Å². The summed E-state index contributed by atoms with van der Waals surface area (Å²) in [4.78, 5) is 18.3. The zero-order chi connectivity index (χ0) is 24.8. The minimum atomic E-state index is 0.289. The highest BCUT2D eigenvalue weighted by molar-refractivity contribution is 6.42. The molecule has 1 aromatic heterocycles. The highest BCUT2D eigenvalue weighted by Gasteiger charge is 2.20. The van der Waals surface area contributed by atoms with Gasteiger partial charge in [0.25, 0.3) is 0 Å². The van der Waals surface area contributed by atoms with Crippen LogP contribution in [0.15, 0.2) is 71.4 Å². The normalized spacial score (nSPS) is 15.2. The first-order valence-corrected chi connectivity index (χ1v) is 12.0. The number of rotatable bonds is 6. The first kappa shape index (κ1) is 24.6. The van der Waals surface area contributed by atoms with Crippen molar-refractivity contribution in [1.29, 1.82) is 0 Å². The molecule has 0 amide bonds. The van der Waals surface area contributed by atoms with Crippen LogP contribution in [0.3, 0.4) is 0 Å². The van der Waals surface area contributed by atoms with Crippen molar-refractivity contribution < 1.29 is 0 Å². The number of nitrogens with two attached hydrogens (primary N) is 2. The zero-order valence-corrected chi connectivity index (χ0v) is 20.9. The Morgan fingerprint density at radius 2 is 1.60 bits per heavy atom. The summed E-state index contributed by atoms with van der Waals surface area (Å²) < 4.78 is 0. The number of allylic oxidation sites excluding steroid dienone is 1. The molecule has 7 nitrogen and oxygen atoms in total. The first-order valence-electron chi connectivity index (χ1n) is 11.2. The molecule has 1 aliphatic heterocycles. The molecule has 1 aliphatic rings. The van der Waals surface area contributed by atoms with Crippen molar-refractivity contribution in [1.82, 2.24) is 9.97 Å². The lowest BCUT2D eigenvalue weighted by molar-refractivity contribution is 0.646. The van der Waals surface area contributed by atoms with Crippen LogP contribution >= 0.6 is 23.2 Å². The van der Waals surface area contributed by atoms with Crippen LogP contribution in [0.1, 0.15) is 18.3 Å². The van der Waals surface area contributed by atoms with Gasteiger partial charge in [-0.2, -0.15) is 0 Å². The van der Waals surface area contributed by atoms with Crippen molar-refractivity contribution in [3.63, 3.8) is 0 Å². The van der Waals surface area contributed by atoms with Crippen LogP contribution in [0.2, 0.25) is 10.0 Å². The van der Waals surface area contributed by atoms with Crippen LogP contribution in [-0.4, -0.2) is 42.0 Å². The van der Waals surface area contributed by atoms with Crippen LogP contribution < -0.4 is 21.3 Å². The summed E-state index contributed by atoms with van der Waals surface area (Å²) in [7, 11) is 0. The smallest absolute Gasteiger partial charge is 0.160 e. The molecule has 9 heteroatoms. The second-order valence-corrected chi connectivity index (χ2v) is 9.00. The Morgan fingerprint density at radius 1 is 0.886 bits per heavy atom. The summed E-state index contributed by atoms with van der Waals surface area (Å²) in [5, 5.41) is 1.11. The molecule has 1 fully saturated rings. The van der Waals surface area contributed by atoms with E-state index in [-0.39, 0.29) is 5.84 Å². The quantitative estimate of drug-likeness (QED) is 0.354. The third kappa shape index (κ3) is 6.74. The summed E-state index contributed by atoms with van der Waals surface area (Å²) >= 11 is 12.3. The van der Waals surface area contributed by atoms with E-state index in [1.165, 1.54) is 0 Å². The number of aromatic nitrogens is 2. The lowest BCUT2D eigenvalue weighted by Gasteiger charge is -2.37. The lowest BCUT2D eigenvalue weighted by atomic mass is 10.2. The molecule has 180 valence electrons. The Bertz CT molecular complexity index is 1260. The number of halogens is 2. The molecule has 4 rings (SSSR count). The highest BCUT2D eigenvalue weighted by atomic mass is 35.5. The van der Waals surface area contributed by atoms with Gasteiger partial charge in [-0.1, -0.05) is 59.6 Å². The summed E-state index contributed by atoms with van der Waals surface area (Å²) in [6.07, 6.45) is 5.46. The molecule has 0 bridgehead atoms. The molecule has 2 heterocycles. The minimum absolute atomic E-state index is 0.289. The Kier molecular flexibility index (Phi) is 7.90. The van der Waals surface area contributed by atoms with Gasteiger partial charge in [-0.05, 0) is 42.8 Å². The number of piperazine rings is 1. The standard InChI is InChI=1S/C26H27Cl2N7/c1-18(29)15-23(30)31-25-17-26(33-24(32-25)10-7-19-5-3-2-4-6-19)35-13-11-34(12-14-35)20-8-9-21(27)22(28)16-20/h2-10,15-17H,11-14,29H2,1H3,(H2,30,31,32,33)/b10-7+,18-15-. The fourth-order valence-corrected chi connectivity index (χ4v) is 4.03. The monoisotopic (exact) mass is 507 g/mol. The van der Waals surface area contributed by atoms with Crippen molar-refractivity contribution in [2.75, 3.05) is 36.0 Å². The third-order valence-corrected chi connectivity index (χ3v) is 6.17. The van der Waals surface area contributed by atoms with Crippen LogP contribution in [0.5, 0.6) is 0 Å². The molecule has 1 saturated heterocycles. The second kappa shape index (κ2) is 11.3. The molecule has 0 radical (unpaired) electrons. The van der Waals surface area contributed by atoms with Gasteiger partial charge in [0.05, 0.1) is 10.0 Å². The Labute approximate surface area is 215 Å². The van der Waals surface area contributed by atoms with Gasteiger partial charge in [0, 0.05) is 43.6 Å². The predicted octanol–water partition coefficient (Wildman–Crippen LogP) is 5.13. The number of anilines is 2. The molecule has 2 aromatic carbocycles. The Hall–Kier alpha value is -3.55. The van der Waals surface area contributed by atoms with E-state index >= 15 is 0 Å². The molecule has 0 spiro atoms. The first-order chi connectivity index (χ1) is 16.9. The molecule has 4 N–H and O–H groups in total. The van der Waals surface area contributed by atoms with E-state index in [1.54, 1.807) is 13.0 Å². The summed E-state index contributed by atoms with van der Waals surface area (Å²) in [5.41, 5.74) is 14.5. The van der Waals surface area contributed by atoms with Crippen molar-refractivity contribution in [2.45, 2.75) is 6.92 Å². The van der Waals surface area contributed by atoms with Gasteiger partial charge < -0.3 is 21.3 Å². The number of aliphatic imine (C=N–C) groups is 1. The van der Waals surface area contributed by atoms with Crippen molar-refractivity contribution in [2.24, 2.45) is 16.5 Å². The lowest BCUT2D eigenvalue weighted by Crippen LogP contribution is -2.46. The zero-order valence-electron chi connectivity index (χ0n) is 19.4. The van der Waals surface area contributed by atoms with Crippen LogP contribution in [0.25, 0.3) is 12.2 Å². The van der Waals surface area contributed by atoms with Gasteiger partial charge in [-0.15, -0.1) is 0 Å². The molecule has 0 unspecified atom stereocenters. The SMILES string of the molecule is C/C(N)=C/C(N)=Nc1cc(N2CCN(c3ccc(Cl)c(Cl)c3)CC2)nc(/C=C/c2ccccc2)n1. The number of hydrogen-bond donors (Lipinski definition) is 2. The summed E-state index contributed by atoms with van der Waals surface area (Å²) in [6.45, 7) is 4.94. The Morgan fingerprint density at radius 3 is 2.29 bits per heavy atom. The average molecular weight is 508 g/mol. The van der Waals surface area contributed by atoms with Gasteiger partial charge in [-0.25, -0.2) is 15.0 Å². The van der Waals surface area contributed by atoms with Gasteiger partial charge in [0.15, 0.2) is 11.6 Å². The van der Waals surface area contributed by atoms with Gasteiger partial charge in [0.1, 0.15) is 11.7 Å². The largest absolute Gasteiger partial charge is 0.402 e. The number of amidine groups is 1. The third-order valence-electron chi connectivity index (χ3n) is 5.43. The second-order valence-electron chi connectivity index (χ2n) is 8.18. The van der Waals surface area contributed by atoms with Gasteiger partial charge >= 0.3 is 0 Å². The average Bonchev–Trinajstić information content (AvgIpc) is 2.84. The maximum absolute atomic E-state index is 6.21. The molecule has 0 aliphatic carbocycles. The molecule has 35 heavy (non-hydrogen) atoms. The van der Waals surface area contributed by atoms with Crippen molar-refractivity contribution in [3.8, 4) is 0 Å². The van der Waals surface area contributed by atoms with Crippen molar-refractivity contribution >= 4 is 58.5 Å². The Balaban J connectivity index is 1.58. The van der Waals surface area contributed by atoms with Gasteiger partial charge in [-0.3, -0.25) is 0 Å². The molecule has 0 saturated carbocycles. The van der Waals surface area contributed by atoms with Crippen LogP contribution in [0, 0.1) is 0 Å². The molecule has 0 atom stereocenters. The van der Waals surface area contributed by atoms with Gasteiger partial charge in [0.2, 0.25) is 0 Å². The maximum Gasteiger partial charge on any atom is 0.160 e. The van der Waals surface area contributed by atoms with Crippen molar-refractivity contribution in [3.05, 3.63) is 87.8 Å². The number of benzene rings is 2. The van der Waals surface area contributed by atoms with E-state index in [0.29, 0.717) is 27.4 Å². The van der Waals surface area contributed by atoms with Crippen LogP contribution in [0.4, 0.5) is 17.3 Å². The highest BCUT2D eigenvalue weighted by Crippen LogP contribution is 2.28. The minimum Gasteiger partial charge on any atom is -0.402 e. The molecular formula is C26H27Cl2N7. The summed E-state index contributed by atoms with van der Waals surface area (Å²) in [5.74, 6) is 2.11. The fourth-order valence-electron chi connectivity index (χ4n) is 3.74. The van der Waals surface area contributed by atoms with E-state index in [4.69, 9.17) is 39.7 Å². The molecule has 3 aromatic rings.